The summed E-state index contributed by atoms with van der Waals surface area (Å²) in [6.07, 6.45) is 1.95. The van der Waals surface area contributed by atoms with Crippen LogP contribution in [-0.4, -0.2) is 30.9 Å². The van der Waals surface area contributed by atoms with Crippen LogP contribution < -0.4 is 17.1 Å². The van der Waals surface area contributed by atoms with E-state index in [0.717, 1.165) is 18.8 Å². The fraction of sp³-hybridized carbons (Fsp3) is 0.857. The Labute approximate surface area is 72.7 Å². The van der Waals surface area contributed by atoms with Crippen molar-refractivity contribution in [3.8, 4) is 0 Å². The highest BCUT2D eigenvalue weighted by Crippen LogP contribution is 2.17. The minimum atomic E-state index is 0.590. The van der Waals surface area contributed by atoms with Gasteiger partial charge in [-0.3, -0.25) is 0 Å². The van der Waals surface area contributed by atoms with Crippen LogP contribution in [0.4, 0.5) is 0 Å². The zero-order valence-electron chi connectivity index (χ0n) is 7.45. The van der Waals surface area contributed by atoms with E-state index in [1.165, 1.54) is 13.1 Å². The third-order valence-corrected chi connectivity index (χ3v) is 2.16. The molecule has 1 aliphatic rings. The molecule has 0 saturated carbocycles. The molecular formula is C7H17N5. The number of nitrogens with zero attached hydrogens (tertiary/aromatic N) is 2. The predicted molar refractivity (Wildman–Crippen MR) is 49.2 cm³/mol. The Balaban J connectivity index is 2.06. The second kappa shape index (κ2) is 4.27. The van der Waals surface area contributed by atoms with Gasteiger partial charge in [0.15, 0.2) is 0 Å². The molecule has 0 unspecified atom stereocenters. The van der Waals surface area contributed by atoms with E-state index in [9.17, 15) is 0 Å². The van der Waals surface area contributed by atoms with Crippen molar-refractivity contribution in [3.05, 3.63) is 0 Å². The molecule has 0 aromatic rings. The molecule has 1 rings (SSSR count). The van der Waals surface area contributed by atoms with Crippen molar-refractivity contribution in [2.24, 2.45) is 22.6 Å². The average Bonchev–Trinajstić information content (AvgIpc) is 1.96. The van der Waals surface area contributed by atoms with Crippen LogP contribution >= 0.6 is 0 Å². The first-order chi connectivity index (χ1) is 5.72. The molecule has 0 spiro atoms. The molecule has 0 atom stereocenters. The molecule has 5 heteroatoms. The molecule has 5 N–H and O–H groups in total. The molecule has 5 nitrogen and oxygen atoms in total. The largest absolute Gasteiger partial charge is 0.386 e. The first-order valence-corrected chi connectivity index (χ1v) is 4.18. The Hall–Kier alpha value is -0.810. The average molecular weight is 171 g/mol. The maximum Gasteiger partial charge on any atom is 0.121 e. The second-order valence-electron chi connectivity index (χ2n) is 3.36. The van der Waals surface area contributed by atoms with Crippen LogP contribution in [0, 0.1) is 5.92 Å². The number of rotatable bonds is 4. The van der Waals surface area contributed by atoms with Gasteiger partial charge in [-0.15, -0.1) is 0 Å². The van der Waals surface area contributed by atoms with E-state index in [4.69, 9.17) is 11.6 Å². The lowest BCUT2D eigenvalue weighted by molar-refractivity contribution is 0.129. The molecule has 1 aliphatic heterocycles. The van der Waals surface area contributed by atoms with Crippen molar-refractivity contribution in [1.82, 2.24) is 10.4 Å². The lowest BCUT2D eigenvalue weighted by Crippen LogP contribution is -2.43. The van der Waals surface area contributed by atoms with Crippen LogP contribution in [0.5, 0.6) is 0 Å². The van der Waals surface area contributed by atoms with Gasteiger partial charge < -0.3 is 10.6 Å². The topological polar surface area (TPSA) is 79.7 Å². The molecule has 1 fully saturated rings. The molecule has 1 heterocycles. The van der Waals surface area contributed by atoms with Crippen molar-refractivity contribution in [3.63, 3.8) is 0 Å². The molecule has 1 saturated heterocycles. The summed E-state index contributed by atoms with van der Waals surface area (Å²) in [6.45, 7) is 2.37. The SMILES string of the molecule is CN1CC(CC/C(N)=N/NN)C1. The normalized spacial score (nSPS) is 20.7. The number of hydrazone groups is 1. The Morgan fingerprint density at radius 1 is 1.67 bits per heavy atom. The number of hydrogen-bond acceptors (Lipinski definition) is 4. The number of nitrogens with one attached hydrogen (secondary N) is 1. The van der Waals surface area contributed by atoms with Crippen molar-refractivity contribution >= 4 is 5.84 Å². The van der Waals surface area contributed by atoms with Gasteiger partial charge in [-0.2, -0.15) is 5.10 Å². The maximum absolute atomic E-state index is 5.54. The third kappa shape index (κ3) is 2.67. The molecule has 0 bridgehead atoms. The van der Waals surface area contributed by atoms with Gasteiger partial charge in [-0.25, -0.2) is 11.4 Å². The highest BCUT2D eigenvalue weighted by molar-refractivity contribution is 5.79. The quantitative estimate of drug-likeness (QED) is 0.221. The van der Waals surface area contributed by atoms with Crippen LogP contribution in [0.15, 0.2) is 5.10 Å². The van der Waals surface area contributed by atoms with E-state index in [2.05, 4.69) is 22.6 Å². The highest BCUT2D eigenvalue weighted by atomic mass is 15.5. The second-order valence-corrected chi connectivity index (χ2v) is 3.36. The van der Waals surface area contributed by atoms with Gasteiger partial charge in [0, 0.05) is 19.5 Å². The summed E-state index contributed by atoms with van der Waals surface area (Å²) in [6, 6.07) is 0. The summed E-state index contributed by atoms with van der Waals surface area (Å²) in [7, 11) is 2.12. The van der Waals surface area contributed by atoms with Crippen molar-refractivity contribution in [2.45, 2.75) is 12.8 Å². The molecule has 0 amide bonds. The number of likely N-dealkylation sites (tertiary alicyclic amines) is 1. The lowest BCUT2D eigenvalue weighted by atomic mass is 9.95. The fourth-order valence-electron chi connectivity index (χ4n) is 1.50. The van der Waals surface area contributed by atoms with Gasteiger partial charge in [-0.05, 0) is 19.4 Å². The maximum atomic E-state index is 5.54. The van der Waals surface area contributed by atoms with Crippen LogP contribution in [0.1, 0.15) is 12.8 Å². The highest BCUT2D eigenvalue weighted by Gasteiger charge is 2.22. The van der Waals surface area contributed by atoms with Crippen molar-refractivity contribution in [1.29, 1.82) is 0 Å². The van der Waals surface area contributed by atoms with Gasteiger partial charge in [0.25, 0.3) is 0 Å². The Bertz CT molecular complexity index is 161. The first-order valence-electron chi connectivity index (χ1n) is 4.18. The van der Waals surface area contributed by atoms with Crippen LogP contribution in [-0.2, 0) is 0 Å². The molecule has 0 aromatic heterocycles. The van der Waals surface area contributed by atoms with Gasteiger partial charge >= 0.3 is 0 Å². The minimum Gasteiger partial charge on any atom is -0.386 e. The van der Waals surface area contributed by atoms with E-state index in [1.54, 1.807) is 0 Å². The predicted octanol–water partition coefficient (Wildman–Crippen LogP) is -0.936. The Morgan fingerprint density at radius 3 is 2.83 bits per heavy atom. The fourth-order valence-corrected chi connectivity index (χ4v) is 1.50. The van der Waals surface area contributed by atoms with E-state index in [0.29, 0.717) is 5.84 Å². The van der Waals surface area contributed by atoms with Gasteiger partial charge in [0.2, 0.25) is 0 Å². The lowest BCUT2D eigenvalue weighted by Gasteiger charge is -2.36. The van der Waals surface area contributed by atoms with E-state index in [-0.39, 0.29) is 0 Å². The van der Waals surface area contributed by atoms with Crippen LogP contribution in [0.3, 0.4) is 0 Å². The first kappa shape index (κ1) is 9.28. The van der Waals surface area contributed by atoms with Gasteiger partial charge in [-0.1, -0.05) is 0 Å². The number of hydrazine groups is 1. The zero-order chi connectivity index (χ0) is 8.97. The van der Waals surface area contributed by atoms with Crippen LogP contribution in [0.25, 0.3) is 0 Å². The molecule has 0 aliphatic carbocycles. The summed E-state index contributed by atoms with van der Waals surface area (Å²) < 4.78 is 0. The van der Waals surface area contributed by atoms with Gasteiger partial charge in [0.05, 0.1) is 0 Å². The van der Waals surface area contributed by atoms with Crippen molar-refractivity contribution < 1.29 is 0 Å². The standard InChI is InChI=1S/C7H17N5/c1-12-4-6(5-12)2-3-7(8)10-11-9/h6,11H,2-5,9H2,1H3,(H2,8,10). The molecule has 70 valence electrons. The number of nitrogens with two attached hydrogens (primary N) is 2. The molecular weight excluding hydrogens is 154 g/mol. The summed E-state index contributed by atoms with van der Waals surface area (Å²) in [5, 5.41) is 3.68. The van der Waals surface area contributed by atoms with Crippen molar-refractivity contribution in [2.75, 3.05) is 20.1 Å². The van der Waals surface area contributed by atoms with E-state index < -0.39 is 0 Å². The number of amidine groups is 1. The van der Waals surface area contributed by atoms with E-state index in [1.807, 2.05) is 0 Å². The number of hydrogen-bond donors (Lipinski definition) is 3. The third-order valence-electron chi connectivity index (χ3n) is 2.16. The van der Waals surface area contributed by atoms with E-state index >= 15 is 0 Å². The molecule has 12 heavy (non-hydrogen) atoms. The summed E-state index contributed by atoms with van der Waals surface area (Å²) in [4.78, 5) is 2.29. The Morgan fingerprint density at radius 2 is 2.33 bits per heavy atom. The zero-order valence-corrected chi connectivity index (χ0v) is 7.45. The van der Waals surface area contributed by atoms with Gasteiger partial charge in [0.1, 0.15) is 5.84 Å². The molecule has 0 aromatic carbocycles. The minimum absolute atomic E-state index is 0.590. The smallest absolute Gasteiger partial charge is 0.121 e. The summed E-state index contributed by atoms with van der Waals surface area (Å²) >= 11 is 0. The van der Waals surface area contributed by atoms with Crippen LogP contribution in [0.2, 0.25) is 0 Å². The summed E-state index contributed by atoms with van der Waals surface area (Å²) in [5.41, 5.74) is 7.73. The Kier molecular flexibility index (Phi) is 3.31. The monoisotopic (exact) mass is 171 g/mol. The molecule has 0 radical (unpaired) electrons. The summed E-state index contributed by atoms with van der Waals surface area (Å²) in [5.74, 6) is 6.36.